The number of benzene rings is 2. The molecule has 0 atom stereocenters. The van der Waals surface area contributed by atoms with Gasteiger partial charge in [0.1, 0.15) is 5.82 Å². The number of anilines is 1. The molecule has 2 aromatic carbocycles. The summed E-state index contributed by atoms with van der Waals surface area (Å²) in [4.78, 5) is 19.2. The number of morpholine rings is 1. The van der Waals surface area contributed by atoms with Gasteiger partial charge in [0.2, 0.25) is 5.91 Å². The molecular formula is C22H25N5O2. The Morgan fingerprint density at radius 1 is 1.14 bits per heavy atom. The Bertz CT molecular complexity index is 1030. The van der Waals surface area contributed by atoms with E-state index in [4.69, 9.17) is 4.74 Å². The fourth-order valence-electron chi connectivity index (χ4n) is 3.48. The van der Waals surface area contributed by atoms with Gasteiger partial charge in [0.15, 0.2) is 0 Å². The van der Waals surface area contributed by atoms with Gasteiger partial charge in [-0.25, -0.2) is 10.4 Å². The zero-order chi connectivity index (χ0) is 20.2. The van der Waals surface area contributed by atoms with Gasteiger partial charge in [0.05, 0.1) is 36.4 Å². The molecule has 29 heavy (non-hydrogen) atoms. The van der Waals surface area contributed by atoms with Gasteiger partial charge in [0, 0.05) is 25.8 Å². The first kappa shape index (κ1) is 19.1. The number of carbonyl (C=O) groups is 1. The maximum atomic E-state index is 12.3. The lowest BCUT2D eigenvalue weighted by molar-refractivity contribution is -0.120. The van der Waals surface area contributed by atoms with Crippen molar-refractivity contribution in [2.45, 2.75) is 13.3 Å². The highest BCUT2D eigenvalue weighted by Gasteiger charge is 2.12. The molecule has 150 valence electrons. The van der Waals surface area contributed by atoms with E-state index in [-0.39, 0.29) is 12.3 Å². The third-order valence-corrected chi connectivity index (χ3v) is 5.21. The third-order valence-electron chi connectivity index (χ3n) is 5.21. The van der Waals surface area contributed by atoms with E-state index in [0.29, 0.717) is 5.82 Å². The van der Waals surface area contributed by atoms with Crippen LogP contribution in [0.5, 0.6) is 0 Å². The first-order valence-corrected chi connectivity index (χ1v) is 9.78. The van der Waals surface area contributed by atoms with Crippen molar-refractivity contribution in [2.24, 2.45) is 12.1 Å². The molecule has 0 unspecified atom stereocenters. The van der Waals surface area contributed by atoms with Crippen LogP contribution in [-0.4, -0.2) is 47.5 Å². The molecule has 0 radical (unpaired) electrons. The summed E-state index contributed by atoms with van der Waals surface area (Å²) in [6.45, 7) is 5.23. The number of nitrogens with zero attached hydrogens (tertiary/aromatic N) is 4. The van der Waals surface area contributed by atoms with Crippen LogP contribution in [0.25, 0.3) is 11.0 Å². The topological polar surface area (TPSA) is 71.8 Å². The SMILES string of the molecule is CC(=NNC(=O)Cc1nc2ccccc2n1C)c1ccc(N2CCOCC2)cc1. The van der Waals surface area contributed by atoms with Crippen molar-refractivity contribution in [3.8, 4) is 0 Å². The van der Waals surface area contributed by atoms with E-state index >= 15 is 0 Å². The van der Waals surface area contributed by atoms with Crippen molar-refractivity contribution < 1.29 is 9.53 Å². The maximum absolute atomic E-state index is 12.3. The molecule has 0 aliphatic carbocycles. The minimum absolute atomic E-state index is 0.179. The molecule has 2 heterocycles. The van der Waals surface area contributed by atoms with Crippen LogP contribution in [0.2, 0.25) is 0 Å². The Labute approximate surface area is 170 Å². The van der Waals surface area contributed by atoms with Crippen LogP contribution in [0.4, 0.5) is 5.69 Å². The first-order chi connectivity index (χ1) is 14.1. The zero-order valence-electron chi connectivity index (χ0n) is 16.8. The number of aryl methyl sites for hydroxylation is 1. The summed E-state index contributed by atoms with van der Waals surface area (Å²) < 4.78 is 7.34. The lowest BCUT2D eigenvalue weighted by Gasteiger charge is -2.28. The molecule has 1 aliphatic heterocycles. The number of nitrogens with one attached hydrogen (secondary N) is 1. The van der Waals surface area contributed by atoms with E-state index in [0.717, 1.165) is 48.6 Å². The Kier molecular flexibility index (Phi) is 5.57. The molecule has 1 saturated heterocycles. The van der Waals surface area contributed by atoms with Crippen molar-refractivity contribution in [2.75, 3.05) is 31.2 Å². The number of hydrogen-bond acceptors (Lipinski definition) is 5. The summed E-state index contributed by atoms with van der Waals surface area (Å²) in [7, 11) is 1.92. The van der Waals surface area contributed by atoms with Crippen LogP contribution in [0.15, 0.2) is 53.6 Å². The van der Waals surface area contributed by atoms with Gasteiger partial charge >= 0.3 is 0 Å². The molecule has 1 aliphatic rings. The highest BCUT2D eigenvalue weighted by Crippen LogP contribution is 2.17. The van der Waals surface area contributed by atoms with Crippen molar-refractivity contribution in [1.82, 2.24) is 15.0 Å². The van der Waals surface area contributed by atoms with Gasteiger partial charge < -0.3 is 14.2 Å². The summed E-state index contributed by atoms with van der Waals surface area (Å²) in [6.07, 6.45) is 0.179. The quantitative estimate of drug-likeness (QED) is 0.536. The first-order valence-electron chi connectivity index (χ1n) is 9.78. The smallest absolute Gasteiger partial charge is 0.247 e. The molecule has 4 rings (SSSR count). The predicted octanol–water partition coefficient (Wildman–Crippen LogP) is 2.49. The predicted molar refractivity (Wildman–Crippen MR) is 114 cm³/mol. The number of para-hydroxylation sites is 2. The second kappa shape index (κ2) is 8.45. The minimum Gasteiger partial charge on any atom is -0.378 e. The Morgan fingerprint density at radius 3 is 2.59 bits per heavy atom. The molecule has 1 aromatic heterocycles. The molecular weight excluding hydrogens is 366 g/mol. The molecule has 0 saturated carbocycles. The number of amides is 1. The van der Waals surface area contributed by atoms with Crippen LogP contribution in [0, 0.1) is 0 Å². The number of hydrazone groups is 1. The molecule has 1 amide bonds. The highest BCUT2D eigenvalue weighted by molar-refractivity contribution is 5.99. The van der Waals surface area contributed by atoms with Gasteiger partial charge in [-0.05, 0) is 36.8 Å². The van der Waals surface area contributed by atoms with Gasteiger partial charge in [-0.1, -0.05) is 24.3 Å². The van der Waals surface area contributed by atoms with Gasteiger partial charge in [-0.15, -0.1) is 0 Å². The molecule has 0 spiro atoms. The van der Waals surface area contributed by atoms with Gasteiger partial charge in [-0.2, -0.15) is 5.10 Å². The number of rotatable bonds is 5. The van der Waals surface area contributed by atoms with Crippen LogP contribution < -0.4 is 10.3 Å². The summed E-state index contributed by atoms with van der Waals surface area (Å²) in [5.74, 6) is 0.527. The van der Waals surface area contributed by atoms with Crippen molar-refractivity contribution in [3.05, 3.63) is 59.9 Å². The summed E-state index contributed by atoms with van der Waals surface area (Å²) >= 11 is 0. The molecule has 7 heteroatoms. The van der Waals surface area contributed by atoms with E-state index in [1.54, 1.807) is 0 Å². The van der Waals surface area contributed by atoms with Gasteiger partial charge in [-0.3, -0.25) is 4.79 Å². The zero-order valence-corrected chi connectivity index (χ0v) is 16.8. The Hall–Kier alpha value is -3.19. The molecule has 0 bridgehead atoms. The van der Waals surface area contributed by atoms with E-state index in [9.17, 15) is 4.79 Å². The average Bonchev–Trinajstić information content (AvgIpc) is 3.08. The largest absolute Gasteiger partial charge is 0.378 e. The lowest BCUT2D eigenvalue weighted by Crippen LogP contribution is -2.36. The molecule has 7 nitrogen and oxygen atoms in total. The van der Waals surface area contributed by atoms with Crippen molar-refractivity contribution in [3.63, 3.8) is 0 Å². The second-order valence-electron chi connectivity index (χ2n) is 7.13. The number of aromatic nitrogens is 2. The minimum atomic E-state index is -0.187. The summed E-state index contributed by atoms with van der Waals surface area (Å²) in [5.41, 5.74) is 7.46. The summed E-state index contributed by atoms with van der Waals surface area (Å²) in [5, 5.41) is 4.26. The number of fused-ring (bicyclic) bond motifs is 1. The monoisotopic (exact) mass is 391 g/mol. The van der Waals surface area contributed by atoms with Crippen molar-refractivity contribution in [1.29, 1.82) is 0 Å². The Morgan fingerprint density at radius 2 is 1.86 bits per heavy atom. The van der Waals surface area contributed by atoms with E-state index in [2.05, 4.69) is 32.5 Å². The lowest BCUT2D eigenvalue weighted by atomic mass is 10.1. The molecule has 3 aromatic rings. The van der Waals surface area contributed by atoms with Crippen molar-refractivity contribution >= 4 is 28.3 Å². The number of imidazole rings is 1. The number of ether oxygens (including phenoxy) is 1. The molecule has 1 N–H and O–H groups in total. The molecule has 1 fully saturated rings. The Balaban J connectivity index is 1.38. The van der Waals surface area contributed by atoms with Crippen LogP contribution in [0.1, 0.15) is 18.3 Å². The van der Waals surface area contributed by atoms with Crippen LogP contribution >= 0.6 is 0 Å². The van der Waals surface area contributed by atoms with Crippen LogP contribution in [0.3, 0.4) is 0 Å². The standard InChI is InChI=1S/C22H25N5O2/c1-16(17-7-9-18(10-8-17)27-11-13-29-14-12-27)24-25-22(28)15-21-23-19-5-3-4-6-20(19)26(21)2/h3-10H,11-15H2,1-2H3,(H,25,28). The van der Waals surface area contributed by atoms with E-state index in [1.807, 2.05) is 54.9 Å². The van der Waals surface area contributed by atoms with E-state index in [1.165, 1.54) is 5.69 Å². The third kappa shape index (κ3) is 4.30. The average molecular weight is 391 g/mol. The summed E-state index contributed by atoms with van der Waals surface area (Å²) in [6, 6.07) is 16.1. The second-order valence-corrected chi connectivity index (χ2v) is 7.13. The maximum Gasteiger partial charge on any atom is 0.247 e. The number of carbonyl (C=O) groups excluding carboxylic acids is 1. The highest BCUT2D eigenvalue weighted by atomic mass is 16.5. The normalized spacial score (nSPS) is 15.0. The van der Waals surface area contributed by atoms with Crippen LogP contribution in [-0.2, 0) is 23.0 Å². The fourth-order valence-corrected chi connectivity index (χ4v) is 3.48. The number of hydrogen-bond donors (Lipinski definition) is 1. The van der Waals surface area contributed by atoms with E-state index < -0.39 is 0 Å². The van der Waals surface area contributed by atoms with Gasteiger partial charge in [0.25, 0.3) is 0 Å². The fraction of sp³-hybridized carbons (Fsp3) is 0.318.